The quantitative estimate of drug-likeness (QED) is 0.600. The molecule has 2 N–H and O–H groups in total. The van der Waals surface area contributed by atoms with Gasteiger partial charge < -0.3 is 20.4 Å². The number of hydrogen-bond donors (Lipinski definition) is 2. The van der Waals surface area contributed by atoms with E-state index in [9.17, 15) is 18.4 Å². The summed E-state index contributed by atoms with van der Waals surface area (Å²) in [4.78, 5) is 32.7. The van der Waals surface area contributed by atoms with Gasteiger partial charge in [-0.2, -0.15) is 5.26 Å². The molecule has 0 spiro atoms. The van der Waals surface area contributed by atoms with E-state index in [4.69, 9.17) is 5.26 Å². The van der Waals surface area contributed by atoms with Crippen molar-refractivity contribution in [1.29, 1.82) is 5.26 Å². The second-order valence-corrected chi connectivity index (χ2v) is 8.76. The second-order valence-electron chi connectivity index (χ2n) is 8.76. The molecule has 0 saturated carbocycles. The fourth-order valence-electron chi connectivity index (χ4n) is 4.55. The van der Waals surface area contributed by atoms with E-state index in [1.54, 1.807) is 12.1 Å². The van der Waals surface area contributed by atoms with Gasteiger partial charge in [0.15, 0.2) is 0 Å². The Labute approximate surface area is 200 Å². The topological polar surface area (TPSA) is 101 Å². The molecule has 1 fully saturated rings. The predicted molar refractivity (Wildman–Crippen MR) is 127 cm³/mol. The highest BCUT2D eigenvalue weighted by molar-refractivity contribution is 6.07. The number of halogens is 2. The fourth-order valence-corrected chi connectivity index (χ4v) is 4.55. The number of amides is 2. The fraction of sp³-hybridized carbons (Fsp3) is 0.280. The van der Waals surface area contributed by atoms with Crippen LogP contribution in [-0.2, 0) is 4.79 Å². The van der Waals surface area contributed by atoms with Gasteiger partial charge in [-0.3, -0.25) is 14.6 Å². The number of alkyl halides is 2. The minimum absolute atomic E-state index is 0.312. The minimum Gasteiger partial charge on any atom is -0.366 e. The number of benzene rings is 2. The molecule has 1 atom stereocenters. The zero-order chi connectivity index (χ0) is 24.7. The molecule has 0 aliphatic carbocycles. The molecule has 0 radical (unpaired) electrons. The number of hydrogen-bond acceptors (Lipinski definition) is 6. The lowest BCUT2D eigenvalue weighted by Crippen LogP contribution is -2.43. The Bertz CT molecular complexity index is 1390. The SMILES string of the molecule is CN1CNc2cc(-c3ccc4nccc(C(=O)NCC(=O)N5CC(F)(F)CC5C#N)c4c3)ccc21. The van der Waals surface area contributed by atoms with Gasteiger partial charge in [0, 0.05) is 25.1 Å². The number of anilines is 2. The Hall–Kier alpha value is -4.26. The van der Waals surface area contributed by atoms with Crippen LogP contribution in [0.5, 0.6) is 0 Å². The Morgan fingerprint density at radius 3 is 2.80 bits per heavy atom. The molecular weight excluding hydrogens is 454 g/mol. The highest BCUT2D eigenvalue weighted by Crippen LogP contribution is 2.35. The first-order valence-corrected chi connectivity index (χ1v) is 11.1. The Balaban J connectivity index is 1.37. The van der Waals surface area contributed by atoms with E-state index in [2.05, 4.69) is 20.5 Å². The van der Waals surface area contributed by atoms with Gasteiger partial charge in [0.1, 0.15) is 6.04 Å². The first-order chi connectivity index (χ1) is 16.8. The van der Waals surface area contributed by atoms with Crippen molar-refractivity contribution in [2.75, 3.05) is 37.0 Å². The predicted octanol–water partition coefficient (Wildman–Crippen LogP) is 3.21. The first-order valence-electron chi connectivity index (χ1n) is 11.1. The lowest BCUT2D eigenvalue weighted by Gasteiger charge is -2.19. The molecule has 2 aliphatic heterocycles. The van der Waals surface area contributed by atoms with E-state index < -0.39 is 43.3 Å². The van der Waals surface area contributed by atoms with Crippen molar-refractivity contribution in [1.82, 2.24) is 15.2 Å². The number of rotatable bonds is 4. The summed E-state index contributed by atoms with van der Waals surface area (Å²) in [6, 6.07) is 13.8. The standard InChI is InChI=1S/C25H22F2N6O2/c1-32-14-31-21-9-16(3-5-22(21)32)15-2-4-20-19(8-15)18(6-7-29-20)24(35)30-12-23(34)33-13-25(26,27)10-17(33)11-28/h2-9,17,31H,10,12-14H2,1H3,(H,30,35). The van der Waals surface area contributed by atoms with Crippen LogP contribution < -0.4 is 15.5 Å². The number of carbonyl (C=O) groups is 2. The number of nitrogens with zero attached hydrogens (tertiary/aromatic N) is 4. The lowest BCUT2D eigenvalue weighted by molar-refractivity contribution is -0.131. The maximum Gasteiger partial charge on any atom is 0.268 e. The smallest absolute Gasteiger partial charge is 0.268 e. The highest BCUT2D eigenvalue weighted by atomic mass is 19.3. The van der Waals surface area contributed by atoms with Gasteiger partial charge in [-0.05, 0) is 41.5 Å². The van der Waals surface area contributed by atoms with E-state index in [1.165, 1.54) is 6.20 Å². The van der Waals surface area contributed by atoms with Gasteiger partial charge in [-0.15, -0.1) is 0 Å². The number of pyridine rings is 1. The molecule has 8 nitrogen and oxygen atoms in total. The largest absolute Gasteiger partial charge is 0.366 e. The number of carbonyl (C=O) groups excluding carboxylic acids is 2. The van der Waals surface area contributed by atoms with Crippen LogP contribution in [-0.4, -0.2) is 60.5 Å². The molecule has 1 unspecified atom stereocenters. The van der Waals surface area contributed by atoms with E-state index in [-0.39, 0.29) is 0 Å². The van der Waals surface area contributed by atoms with Crippen LogP contribution in [0.4, 0.5) is 20.2 Å². The number of nitriles is 1. The molecule has 1 aromatic heterocycles. The number of aromatic nitrogens is 1. The molecule has 2 aliphatic rings. The van der Waals surface area contributed by atoms with Crippen molar-refractivity contribution < 1.29 is 18.4 Å². The number of nitrogens with one attached hydrogen (secondary N) is 2. The molecule has 35 heavy (non-hydrogen) atoms. The van der Waals surface area contributed by atoms with Crippen LogP contribution in [0.25, 0.3) is 22.0 Å². The number of fused-ring (bicyclic) bond motifs is 2. The molecule has 1 saturated heterocycles. The second kappa shape index (κ2) is 8.51. The molecule has 0 bridgehead atoms. The third-order valence-corrected chi connectivity index (χ3v) is 6.37. The third-order valence-electron chi connectivity index (χ3n) is 6.37. The van der Waals surface area contributed by atoms with Crippen molar-refractivity contribution in [3.05, 3.63) is 54.2 Å². The molecule has 178 valence electrons. The third kappa shape index (κ3) is 4.21. The summed E-state index contributed by atoms with van der Waals surface area (Å²) < 4.78 is 27.3. The van der Waals surface area contributed by atoms with Gasteiger partial charge in [0.2, 0.25) is 5.91 Å². The first kappa shape index (κ1) is 22.5. The zero-order valence-electron chi connectivity index (χ0n) is 18.9. The highest BCUT2D eigenvalue weighted by Gasteiger charge is 2.47. The zero-order valence-corrected chi connectivity index (χ0v) is 18.9. The molecule has 5 rings (SSSR count). The van der Waals surface area contributed by atoms with E-state index >= 15 is 0 Å². The average molecular weight is 476 g/mol. The van der Waals surface area contributed by atoms with Crippen molar-refractivity contribution in [2.24, 2.45) is 0 Å². The summed E-state index contributed by atoms with van der Waals surface area (Å²) in [5.41, 5.74) is 4.91. The summed E-state index contributed by atoms with van der Waals surface area (Å²) in [6.45, 7) is -0.582. The van der Waals surface area contributed by atoms with Gasteiger partial charge in [0.05, 0.1) is 48.3 Å². The van der Waals surface area contributed by atoms with Crippen molar-refractivity contribution in [3.63, 3.8) is 0 Å². The maximum atomic E-state index is 13.7. The Kier molecular flexibility index (Phi) is 5.47. The van der Waals surface area contributed by atoms with E-state index in [1.807, 2.05) is 43.4 Å². The molecule has 3 heterocycles. The molecular formula is C25H22F2N6O2. The van der Waals surface area contributed by atoms with E-state index in [0.29, 0.717) is 16.5 Å². The van der Waals surface area contributed by atoms with Gasteiger partial charge in [0.25, 0.3) is 11.8 Å². The van der Waals surface area contributed by atoms with Gasteiger partial charge >= 0.3 is 0 Å². The van der Waals surface area contributed by atoms with Crippen LogP contribution in [0, 0.1) is 11.3 Å². The van der Waals surface area contributed by atoms with Crippen LogP contribution in [0.1, 0.15) is 16.8 Å². The van der Waals surface area contributed by atoms with Crippen LogP contribution in [0.3, 0.4) is 0 Å². The summed E-state index contributed by atoms with van der Waals surface area (Å²) in [7, 11) is 2.01. The van der Waals surface area contributed by atoms with Crippen molar-refractivity contribution in [2.45, 2.75) is 18.4 Å². The summed E-state index contributed by atoms with van der Waals surface area (Å²) in [5, 5.41) is 15.5. The maximum absolute atomic E-state index is 13.7. The monoisotopic (exact) mass is 476 g/mol. The summed E-state index contributed by atoms with van der Waals surface area (Å²) >= 11 is 0. The number of likely N-dealkylation sites (tertiary alicyclic amines) is 1. The minimum atomic E-state index is -3.11. The molecule has 10 heteroatoms. The van der Waals surface area contributed by atoms with Crippen molar-refractivity contribution >= 4 is 34.1 Å². The van der Waals surface area contributed by atoms with Crippen LogP contribution in [0.15, 0.2) is 48.7 Å². The normalized spacial score (nSPS) is 18.2. The van der Waals surface area contributed by atoms with Crippen LogP contribution in [0.2, 0.25) is 0 Å². The van der Waals surface area contributed by atoms with Gasteiger partial charge in [-0.25, -0.2) is 8.78 Å². The van der Waals surface area contributed by atoms with Gasteiger partial charge in [-0.1, -0.05) is 12.1 Å². The summed E-state index contributed by atoms with van der Waals surface area (Å²) in [5.74, 6) is -4.36. The molecule has 3 aromatic rings. The Morgan fingerprint density at radius 2 is 2.00 bits per heavy atom. The van der Waals surface area contributed by atoms with Crippen molar-refractivity contribution in [3.8, 4) is 17.2 Å². The van der Waals surface area contributed by atoms with Crippen LogP contribution >= 0.6 is 0 Å². The lowest BCUT2D eigenvalue weighted by atomic mass is 10.00. The Morgan fingerprint density at radius 1 is 1.23 bits per heavy atom. The van der Waals surface area contributed by atoms with E-state index in [0.717, 1.165) is 34.1 Å². The summed E-state index contributed by atoms with van der Waals surface area (Å²) in [6.07, 6.45) is 0.802. The molecule has 2 amide bonds. The molecule has 2 aromatic carbocycles. The average Bonchev–Trinajstić information content (AvgIpc) is 3.39.